The third-order valence-electron chi connectivity index (χ3n) is 10.5. The second-order valence-corrected chi connectivity index (χ2v) is 13.1. The molecule has 0 bridgehead atoms. The Bertz CT molecular complexity index is 1890. The summed E-state index contributed by atoms with van der Waals surface area (Å²) in [5.74, 6) is 1.29. The zero-order valence-electron chi connectivity index (χ0n) is 26.2. The molecule has 7 rings (SSSR count). The topological polar surface area (TPSA) is 47.2 Å². The van der Waals surface area contributed by atoms with Crippen molar-refractivity contribution in [3.63, 3.8) is 0 Å². The molecular formula is C39H41N3O2. The molecule has 4 aromatic carbocycles. The van der Waals surface area contributed by atoms with E-state index < -0.39 is 0 Å². The fourth-order valence-electron chi connectivity index (χ4n) is 7.70. The molecule has 0 aliphatic carbocycles. The van der Waals surface area contributed by atoms with Crippen molar-refractivity contribution in [2.45, 2.75) is 45.6 Å². The van der Waals surface area contributed by atoms with Gasteiger partial charge in [-0.25, -0.2) is 0 Å². The van der Waals surface area contributed by atoms with Crippen LogP contribution in [0.5, 0.6) is 0 Å². The van der Waals surface area contributed by atoms with E-state index in [9.17, 15) is 9.59 Å². The first-order valence-corrected chi connectivity index (χ1v) is 16.0. The normalized spacial score (nSPS) is 16.3. The molecule has 1 fully saturated rings. The molecule has 0 amide bonds. The Morgan fingerprint density at radius 1 is 0.636 bits per heavy atom. The summed E-state index contributed by atoms with van der Waals surface area (Å²) in [5, 5.41) is 4.68. The van der Waals surface area contributed by atoms with Gasteiger partial charge < -0.3 is 14.0 Å². The van der Waals surface area contributed by atoms with E-state index in [1.54, 1.807) is 0 Å². The molecule has 6 aromatic rings. The summed E-state index contributed by atoms with van der Waals surface area (Å²) in [5.41, 5.74) is 6.29. The number of aromatic nitrogens is 2. The highest BCUT2D eigenvalue weighted by atomic mass is 16.1. The van der Waals surface area contributed by atoms with Crippen molar-refractivity contribution >= 4 is 55.2 Å². The lowest BCUT2D eigenvalue weighted by molar-refractivity contribution is 0.0807. The van der Waals surface area contributed by atoms with Gasteiger partial charge in [0.1, 0.15) is 0 Å². The van der Waals surface area contributed by atoms with Crippen LogP contribution in [0.3, 0.4) is 0 Å². The number of fused-ring (bicyclic) bond motifs is 6. The summed E-state index contributed by atoms with van der Waals surface area (Å²) in [4.78, 5) is 29.3. The largest absolute Gasteiger partial charge is 0.344 e. The van der Waals surface area contributed by atoms with E-state index >= 15 is 0 Å². The molecule has 1 aliphatic rings. The van der Waals surface area contributed by atoms with Crippen LogP contribution in [-0.4, -0.2) is 44.7 Å². The fraction of sp³-hybridized carbons (Fsp3) is 0.333. The second-order valence-electron chi connectivity index (χ2n) is 13.1. The lowest BCUT2D eigenvalue weighted by atomic mass is 9.81. The van der Waals surface area contributed by atoms with Gasteiger partial charge in [0.05, 0.1) is 0 Å². The summed E-state index contributed by atoms with van der Waals surface area (Å²) in [6.07, 6.45) is 3.23. The number of carbonyl (C=O) groups excluding carboxylic acids is 2. The van der Waals surface area contributed by atoms with Gasteiger partial charge in [0.2, 0.25) is 0 Å². The molecule has 1 saturated heterocycles. The van der Waals surface area contributed by atoms with Gasteiger partial charge in [-0.3, -0.25) is 9.59 Å². The van der Waals surface area contributed by atoms with Gasteiger partial charge in [-0.05, 0) is 93.2 Å². The Balaban J connectivity index is 0.963. The van der Waals surface area contributed by atoms with Gasteiger partial charge in [-0.15, -0.1) is 0 Å². The maximum absolute atomic E-state index is 13.4. The zero-order valence-corrected chi connectivity index (χ0v) is 26.2. The molecule has 44 heavy (non-hydrogen) atoms. The first kappa shape index (κ1) is 28.5. The highest BCUT2D eigenvalue weighted by Gasteiger charge is 2.29. The number of benzene rings is 4. The van der Waals surface area contributed by atoms with Crippen LogP contribution < -0.4 is 0 Å². The summed E-state index contributed by atoms with van der Waals surface area (Å²) < 4.78 is 4.40. The van der Waals surface area contributed by atoms with Crippen LogP contribution in [0.2, 0.25) is 0 Å². The Hall–Kier alpha value is -4.22. The van der Waals surface area contributed by atoms with Gasteiger partial charge in [-0.2, -0.15) is 0 Å². The maximum Gasteiger partial charge on any atom is 0.164 e. The zero-order chi connectivity index (χ0) is 30.5. The molecule has 2 atom stereocenters. The van der Waals surface area contributed by atoms with Crippen LogP contribution in [0.25, 0.3) is 43.6 Å². The maximum atomic E-state index is 13.4. The molecule has 0 spiro atoms. The highest BCUT2D eigenvalue weighted by Crippen LogP contribution is 2.33. The Morgan fingerprint density at radius 3 is 1.61 bits per heavy atom. The predicted octanol–water partition coefficient (Wildman–Crippen LogP) is 8.56. The number of ketones is 2. The van der Waals surface area contributed by atoms with Crippen molar-refractivity contribution in [2.75, 3.05) is 13.1 Å². The number of hydrogen-bond donors (Lipinski definition) is 0. The number of likely N-dealkylation sites (tertiary alicyclic amines) is 1. The smallest absolute Gasteiger partial charge is 0.164 e. The number of Topliss-reactive ketones (excluding diaryl/α,β-unsaturated/α-hetero) is 2. The van der Waals surface area contributed by atoms with Crippen molar-refractivity contribution < 1.29 is 9.59 Å². The number of piperidine rings is 1. The van der Waals surface area contributed by atoms with Gasteiger partial charge in [0.25, 0.3) is 0 Å². The van der Waals surface area contributed by atoms with E-state index in [-0.39, 0.29) is 17.6 Å². The first-order valence-electron chi connectivity index (χ1n) is 16.0. The molecule has 0 N–H and O–H groups in total. The summed E-state index contributed by atoms with van der Waals surface area (Å²) in [7, 11) is 4.17. The number of aryl methyl sites for hydroxylation is 2. The first-order chi connectivity index (χ1) is 21.3. The molecule has 1 aliphatic heterocycles. The average Bonchev–Trinajstić information content (AvgIpc) is 3.51. The third-order valence-corrected chi connectivity index (χ3v) is 10.5. The minimum Gasteiger partial charge on any atom is -0.344 e. The number of carbonyl (C=O) groups is 2. The van der Waals surface area contributed by atoms with Crippen LogP contribution in [0.4, 0.5) is 0 Å². The average molecular weight is 584 g/mol. The molecule has 5 heteroatoms. The minimum atomic E-state index is 0.191. The molecular weight excluding hydrogens is 542 g/mol. The van der Waals surface area contributed by atoms with Crippen LogP contribution in [0, 0.1) is 11.8 Å². The highest BCUT2D eigenvalue weighted by molar-refractivity contribution is 6.12. The van der Waals surface area contributed by atoms with Gasteiger partial charge in [0.15, 0.2) is 11.6 Å². The van der Waals surface area contributed by atoms with Crippen LogP contribution in [0.1, 0.15) is 60.2 Å². The lowest BCUT2D eigenvalue weighted by Crippen LogP contribution is -2.42. The molecule has 2 unspecified atom stereocenters. The lowest BCUT2D eigenvalue weighted by Gasteiger charge is -2.38. The second kappa shape index (κ2) is 11.4. The standard InChI is InChI=1S/C39H41N3O2/c1-25(21-38(43)28-13-15-36-32(23-28)30-9-5-7-11-34(30)40(36)3)27-17-19-42(20-18-27)26(2)22-39(44)29-14-16-37-33(24-29)31-10-6-8-12-35(31)41(37)4/h5-16,23-27H,17-22H2,1-4H3. The van der Waals surface area contributed by atoms with E-state index in [4.69, 9.17) is 0 Å². The Labute approximate surface area is 259 Å². The molecule has 3 heterocycles. The van der Waals surface area contributed by atoms with E-state index in [0.29, 0.717) is 24.7 Å². The summed E-state index contributed by atoms with van der Waals surface area (Å²) >= 11 is 0. The van der Waals surface area contributed by atoms with E-state index in [1.165, 1.54) is 21.8 Å². The quantitative estimate of drug-likeness (QED) is 0.169. The number of hydrogen-bond acceptors (Lipinski definition) is 3. The van der Waals surface area contributed by atoms with Crippen molar-refractivity contribution in [2.24, 2.45) is 25.9 Å². The monoisotopic (exact) mass is 583 g/mol. The molecule has 5 nitrogen and oxygen atoms in total. The van der Waals surface area contributed by atoms with E-state index in [0.717, 1.165) is 58.9 Å². The number of para-hydroxylation sites is 2. The van der Waals surface area contributed by atoms with Crippen molar-refractivity contribution in [1.29, 1.82) is 0 Å². The van der Waals surface area contributed by atoms with Crippen LogP contribution in [-0.2, 0) is 14.1 Å². The molecule has 2 aromatic heterocycles. The minimum absolute atomic E-state index is 0.191. The van der Waals surface area contributed by atoms with Gasteiger partial charge in [0, 0.05) is 87.7 Å². The SMILES string of the molecule is CC(CC(=O)c1ccc2c(c1)c1ccccc1n2C)C1CCN(C(C)CC(=O)c2ccc3c(c2)c2ccccc2n3C)CC1. The van der Waals surface area contributed by atoms with Gasteiger partial charge >= 0.3 is 0 Å². The molecule has 0 saturated carbocycles. The summed E-state index contributed by atoms with van der Waals surface area (Å²) in [6, 6.07) is 29.3. The fourth-order valence-corrected chi connectivity index (χ4v) is 7.70. The predicted molar refractivity (Wildman–Crippen MR) is 182 cm³/mol. The summed E-state index contributed by atoms with van der Waals surface area (Å²) in [6.45, 7) is 6.38. The van der Waals surface area contributed by atoms with Crippen molar-refractivity contribution in [1.82, 2.24) is 14.0 Å². The Morgan fingerprint density at radius 2 is 1.09 bits per heavy atom. The van der Waals surface area contributed by atoms with Crippen molar-refractivity contribution in [3.05, 3.63) is 96.1 Å². The Kier molecular flexibility index (Phi) is 7.37. The van der Waals surface area contributed by atoms with Crippen LogP contribution >= 0.6 is 0 Å². The van der Waals surface area contributed by atoms with E-state index in [1.807, 2.05) is 12.1 Å². The molecule has 0 radical (unpaired) electrons. The number of rotatable bonds is 8. The van der Waals surface area contributed by atoms with E-state index in [2.05, 4.69) is 115 Å². The van der Waals surface area contributed by atoms with Crippen LogP contribution in [0.15, 0.2) is 84.9 Å². The van der Waals surface area contributed by atoms with Gasteiger partial charge in [-0.1, -0.05) is 43.3 Å². The molecule has 224 valence electrons. The van der Waals surface area contributed by atoms with Crippen molar-refractivity contribution in [3.8, 4) is 0 Å². The number of nitrogens with zero attached hydrogens (tertiary/aromatic N) is 3. The third kappa shape index (κ3) is 4.93.